The van der Waals surface area contributed by atoms with Crippen LogP contribution in [0.3, 0.4) is 0 Å². The Morgan fingerprint density at radius 1 is 0.153 bits per heavy atom. The topological polar surface area (TPSA) is 55.4 Å². The second kappa shape index (κ2) is 26.4. The van der Waals surface area contributed by atoms with Crippen LogP contribution in [0.4, 0.5) is 0 Å². The molecule has 27 rings (SSSR count). The second-order valence-electron chi connectivity index (χ2n) is 33.1. The van der Waals surface area contributed by atoms with Crippen molar-refractivity contribution in [2.24, 2.45) is 0 Å². The highest BCUT2D eigenvalue weighted by molar-refractivity contribution is 6.22. The van der Waals surface area contributed by atoms with Crippen molar-refractivity contribution < 1.29 is 0 Å². The lowest BCUT2D eigenvalue weighted by Gasteiger charge is -2.15. The SMILES string of the molecule is c1ccc(-n2c3ccccc3c3cc(-c4ccc5c(c4)c4ccccc4n5-c4ccc(-c5nc(-c6cccc(-n7c8ccccc8c8cc(-c9ccc%10c(c9)c9ccccc9n%10-c9ccccc9)ccc87)c6)c6c(n5)-c5cccc7c(-n8c9ccccc9c9cc(-c%10ccc%11c(c%10)c%10ccccc%10n%11-c%10ccccc%10)ccc98)ccc-6c57)cc4)ccc32)cc1. The zero-order valence-electron chi connectivity index (χ0n) is 67.0. The van der Waals surface area contributed by atoms with Crippen molar-refractivity contribution in [1.82, 2.24) is 37.4 Å². The minimum Gasteiger partial charge on any atom is -0.309 e. The van der Waals surface area contributed by atoms with E-state index in [0.29, 0.717) is 5.82 Å². The van der Waals surface area contributed by atoms with Crippen LogP contribution in [0.2, 0.25) is 0 Å². The van der Waals surface area contributed by atoms with Crippen molar-refractivity contribution in [3.8, 4) is 113 Å². The van der Waals surface area contributed by atoms with Gasteiger partial charge in [-0.3, -0.25) is 0 Å². The predicted molar refractivity (Wildman–Crippen MR) is 517 cm³/mol. The van der Waals surface area contributed by atoms with Gasteiger partial charge in [0.05, 0.1) is 83.3 Å². The molecule has 8 nitrogen and oxygen atoms in total. The molecular formula is C116H70N8. The number of para-hydroxylation sites is 9. The Morgan fingerprint density at radius 3 is 0.815 bits per heavy atom. The molecule has 0 unspecified atom stereocenters. The van der Waals surface area contributed by atoms with Crippen molar-refractivity contribution in [3.63, 3.8) is 0 Å². The average molecular weight is 1580 g/mol. The van der Waals surface area contributed by atoms with Gasteiger partial charge in [-0.25, -0.2) is 9.97 Å². The molecule has 0 N–H and O–H groups in total. The van der Waals surface area contributed by atoms with Gasteiger partial charge in [0.1, 0.15) is 0 Å². The normalized spacial score (nSPS) is 12.2. The zero-order valence-corrected chi connectivity index (χ0v) is 67.0. The summed E-state index contributed by atoms with van der Waals surface area (Å²) in [5.41, 5.74) is 34.5. The molecule has 0 radical (unpaired) electrons. The lowest BCUT2D eigenvalue weighted by Crippen LogP contribution is -2.00. The van der Waals surface area contributed by atoms with Gasteiger partial charge in [0.2, 0.25) is 0 Å². The maximum Gasteiger partial charge on any atom is 0.160 e. The standard InChI is InChI=1S/C116H70N8/c1-4-25-79(26-5-1)119-99-40-16-10-32-84(99)93-65-72(48-57-106(93)119)74-51-60-109-96(68-74)87-35-13-19-43-102(87)122(109)82-54-46-71(47-55-82)116-117-114(78-24-22-31-83(64-78)123-103-44-20-14-36-88(103)97-69-76(52-61-110(97)123)73-49-58-107-94(66-73)85-33-11-17-41-100(85)120(107)80-27-6-2-7-28-80)113-91-56-63-105(90-38-23-39-92(112(90)91)115(113)118-116)124-104-45-21-15-37-89(104)98-70-77(53-62-111(98)124)75-50-59-108-95(67-75)86-34-12-18-42-101(86)121(108)81-29-8-3-9-30-81/h1-70H. The minimum absolute atomic E-state index is 0.651. The van der Waals surface area contributed by atoms with E-state index in [9.17, 15) is 0 Å². The number of aromatic nitrogens is 8. The van der Waals surface area contributed by atoms with Gasteiger partial charge >= 0.3 is 0 Å². The van der Waals surface area contributed by atoms with Crippen LogP contribution in [0, 0.1) is 0 Å². The van der Waals surface area contributed by atoms with E-state index in [1.807, 2.05) is 0 Å². The molecule has 0 fully saturated rings. The van der Waals surface area contributed by atoms with Crippen LogP contribution in [-0.4, -0.2) is 37.4 Å². The highest BCUT2D eigenvalue weighted by atomic mass is 15.0. The van der Waals surface area contributed by atoms with Crippen LogP contribution < -0.4 is 0 Å². The molecule has 7 aromatic heterocycles. The number of benzene rings is 19. The summed E-state index contributed by atoms with van der Waals surface area (Å²) in [6.45, 7) is 0. The molecule has 26 aromatic rings. The molecule has 0 saturated heterocycles. The Labute approximate surface area is 711 Å². The zero-order chi connectivity index (χ0) is 80.9. The van der Waals surface area contributed by atoms with E-state index in [0.717, 1.165) is 123 Å². The second-order valence-corrected chi connectivity index (χ2v) is 33.1. The van der Waals surface area contributed by atoms with Crippen LogP contribution in [0.5, 0.6) is 0 Å². The number of hydrogen-bond donors (Lipinski definition) is 0. The van der Waals surface area contributed by atoms with E-state index >= 15 is 0 Å². The molecule has 0 spiro atoms. The van der Waals surface area contributed by atoms with E-state index in [1.54, 1.807) is 0 Å². The third-order valence-corrected chi connectivity index (χ3v) is 26.5. The number of fused-ring (bicyclic) bond motifs is 21. The monoisotopic (exact) mass is 1570 g/mol. The molecule has 0 saturated carbocycles. The molecule has 0 atom stereocenters. The van der Waals surface area contributed by atoms with Crippen LogP contribution in [0.1, 0.15) is 0 Å². The van der Waals surface area contributed by atoms with Gasteiger partial charge in [-0.15, -0.1) is 0 Å². The Bertz CT molecular complexity index is 9040. The number of rotatable bonds is 11. The fourth-order valence-electron chi connectivity index (χ4n) is 21.1. The third kappa shape index (κ3) is 10.0. The molecule has 7 heterocycles. The Hall–Kier alpha value is -16.7. The first kappa shape index (κ1) is 68.3. The summed E-state index contributed by atoms with van der Waals surface area (Å²) in [5.74, 6) is 0.651. The van der Waals surface area contributed by atoms with Gasteiger partial charge in [-0.1, -0.05) is 237 Å². The Morgan fingerprint density at radius 2 is 0.435 bits per heavy atom. The van der Waals surface area contributed by atoms with Gasteiger partial charge < -0.3 is 27.4 Å². The van der Waals surface area contributed by atoms with Crippen molar-refractivity contribution in [3.05, 3.63) is 425 Å². The first-order valence-corrected chi connectivity index (χ1v) is 42.6. The van der Waals surface area contributed by atoms with Crippen LogP contribution >= 0.6 is 0 Å². The number of hydrogen-bond acceptors (Lipinski definition) is 2. The van der Waals surface area contributed by atoms with Crippen LogP contribution in [0.25, 0.3) is 254 Å². The lowest BCUT2D eigenvalue weighted by atomic mass is 9.98. The molecule has 574 valence electrons. The Kier molecular flexibility index (Phi) is 14.5. The van der Waals surface area contributed by atoms with Gasteiger partial charge in [0.25, 0.3) is 0 Å². The van der Waals surface area contributed by atoms with E-state index in [1.165, 1.54) is 126 Å². The highest BCUT2D eigenvalue weighted by Crippen LogP contribution is 2.54. The fourth-order valence-corrected chi connectivity index (χ4v) is 21.1. The summed E-state index contributed by atoms with van der Waals surface area (Å²) >= 11 is 0. The highest BCUT2D eigenvalue weighted by Gasteiger charge is 2.32. The molecule has 19 aromatic carbocycles. The molecule has 0 aliphatic heterocycles. The average Bonchev–Trinajstić information content (AvgIpc) is 1.54. The van der Waals surface area contributed by atoms with Gasteiger partial charge in [0, 0.05) is 126 Å². The fraction of sp³-hybridized carbons (Fsp3) is 0. The predicted octanol–water partition coefficient (Wildman–Crippen LogP) is 30.2. The minimum atomic E-state index is 0.651. The van der Waals surface area contributed by atoms with E-state index in [-0.39, 0.29) is 0 Å². The van der Waals surface area contributed by atoms with Crippen molar-refractivity contribution in [2.45, 2.75) is 0 Å². The van der Waals surface area contributed by atoms with Crippen molar-refractivity contribution in [1.29, 1.82) is 0 Å². The Balaban J connectivity index is 0.601. The maximum absolute atomic E-state index is 5.89. The maximum atomic E-state index is 5.89. The van der Waals surface area contributed by atoms with Crippen LogP contribution in [0.15, 0.2) is 425 Å². The van der Waals surface area contributed by atoms with Gasteiger partial charge in [0.15, 0.2) is 5.82 Å². The molecule has 124 heavy (non-hydrogen) atoms. The molecule has 0 bridgehead atoms. The summed E-state index contributed by atoms with van der Waals surface area (Å²) in [6, 6.07) is 156. The molecule has 1 aliphatic rings. The molecule has 0 amide bonds. The van der Waals surface area contributed by atoms with E-state index in [4.69, 9.17) is 9.97 Å². The van der Waals surface area contributed by atoms with E-state index in [2.05, 4.69) is 452 Å². The largest absolute Gasteiger partial charge is 0.309 e. The number of nitrogens with zero attached hydrogens (tertiary/aromatic N) is 8. The molecule has 1 aliphatic carbocycles. The van der Waals surface area contributed by atoms with E-state index < -0.39 is 0 Å². The quantitative estimate of drug-likeness (QED) is 0.130. The smallest absolute Gasteiger partial charge is 0.160 e. The summed E-state index contributed by atoms with van der Waals surface area (Å²) in [5, 5.41) is 16.8. The third-order valence-electron chi connectivity index (χ3n) is 26.5. The lowest BCUT2D eigenvalue weighted by molar-refractivity contribution is 1.16. The van der Waals surface area contributed by atoms with Crippen LogP contribution in [-0.2, 0) is 0 Å². The van der Waals surface area contributed by atoms with Crippen molar-refractivity contribution in [2.75, 3.05) is 0 Å². The molecule has 8 heteroatoms. The van der Waals surface area contributed by atoms with Gasteiger partial charge in [-0.05, 0) is 227 Å². The summed E-state index contributed by atoms with van der Waals surface area (Å²) in [4.78, 5) is 11.7. The summed E-state index contributed by atoms with van der Waals surface area (Å²) in [6.07, 6.45) is 0. The first-order valence-electron chi connectivity index (χ1n) is 42.6. The van der Waals surface area contributed by atoms with Gasteiger partial charge in [-0.2, -0.15) is 0 Å². The molecular weight excluding hydrogens is 1510 g/mol. The summed E-state index contributed by atoms with van der Waals surface area (Å²) in [7, 11) is 0. The first-order chi connectivity index (χ1) is 61.5. The summed E-state index contributed by atoms with van der Waals surface area (Å²) < 4.78 is 14.5. The van der Waals surface area contributed by atoms with Crippen molar-refractivity contribution >= 4 is 142 Å².